The first-order chi connectivity index (χ1) is 9.53. The third-order valence-electron chi connectivity index (χ3n) is 4.21. The van der Waals surface area contributed by atoms with Gasteiger partial charge in [-0.3, -0.25) is 9.69 Å². The van der Waals surface area contributed by atoms with Crippen LogP contribution >= 0.6 is 0 Å². The fraction of sp³-hybridized carbons (Fsp3) is 0.929. The fourth-order valence-corrected chi connectivity index (χ4v) is 2.84. The van der Waals surface area contributed by atoms with Crippen LogP contribution in [-0.4, -0.2) is 62.2 Å². The van der Waals surface area contributed by atoms with E-state index in [4.69, 9.17) is 18.3 Å². The van der Waals surface area contributed by atoms with E-state index in [0.29, 0.717) is 31.8 Å². The number of methoxy groups -OCH3 is 1. The van der Waals surface area contributed by atoms with Gasteiger partial charge in [-0.25, -0.2) is 0 Å². The van der Waals surface area contributed by atoms with Crippen molar-refractivity contribution in [2.45, 2.75) is 56.4 Å². The summed E-state index contributed by atoms with van der Waals surface area (Å²) in [6, 6.07) is 0.405. The van der Waals surface area contributed by atoms with Gasteiger partial charge >= 0.3 is 5.97 Å². The first-order valence-electron chi connectivity index (χ1n) is 7.49. The molecule has 1 saturated heterocycles. The molecule has 0 bridgehead atoms. The zero-order valence-corrected chi connectivity index (χ0v) is 12.5. The summed E-state index contributed by atoms with van der Waals surface area (Å²) in [6.45, 7) is 2.43. The van der Waals surface area contributed by atoms with Gasteiger partial charge in [0.2, 0.25) is 0 Å². The minimum atomic E-state index is -1.13. The lowest BCUT2D eigenvalue weighted by Crippen LogP contribution is -2.50. The monoisotopic (exact) mass is 282 g/mol. The predicted molar refractivity (Wildman–Crippen MR) is 80.1 cm³/mol. The lowest BCUT2D eigenvalue weighted by atomic mass is 9.88. The van der Waals surface area contributed by atoms with Crippen molar-refractivity contribution >= 4 is 13.8 Å². The number of hydrogen-bond donors (Lipinski definition) is 2. The average Bonchev–Trinajstić information content (AvgIpc) is 2.84. The zero-order valence-electron chi connectivity index (χ0n) is 12.5. The number of carbonyl (C=O) groups is 1. The van der Waals surface area contributed by atoms with E-state index in [1.807, 2.05) is 0 Å². The van der Waals surface area contributed by atoms with Crippen molar-refractivity contribution in [2.24, 2.45) is 5.73 Å². The Hall–Kier alpha value is -0.585. The molecule has 0 unspecified atom stereocenters. The van der Waals surface area contributed by atoms with Crippen LogP contribution in [-0.2, 0) is 9.53 Å². The molecular formula is C14H27BN2O3. The molecule has 1 aliphatic heterocycles. The van der Waals surface area contributed by atoms with Crippen LogP contribution in [0.5, 0.6) is 0 Å². The number of hydrogen-bond acceptors (Lipinski definition) is 4. The topological polar surface area (TPSA) is 75.8 Å². The summed E-state index contributed by atoms with van der Waals surface area (Å²) in [6.07, 6.45) is 5.40. The summed E-state index contributed by atoms with van der Waals surface area (Å²) < 4.78 is 5.21. The predicted octanol–water partition coefficient (Wildman–Crippen LogP) is 1.03. The van der Waals surface area contributed by atoms with Gasteiger partial charge in [0.1, 0.15) is 5.54 Å². The molecule has 0 aromatic rings. The van der Waals surface area contributed by atoms with Gasteiger partial charge in [0, 0.05) is 19.7 Å². The molecule has 6 heteroatoms. The Kier molecular flexibility index (Phi) is 7.55. The zero-order chi connectivity index (χ0) is 15.0. The van der Waals surface area contributed by atoms with Gasteiger partial charge in [-0.05, 0) is 32.2 Å². The number of unbranched alkanes of at least 4 members (excludes halogenated alkanes) is 1. The van der Waals surface area contributed by atoms with E-state index < -0.39 is 11.5 Å². The third kappa shape index (κ3) is 5.07. The number of carboxylic acids is 1. The summed E-state index contributed by atoms with van der Waals surface area (Å²) in [7, 11) is 7.15. The minimum absolute atomic E-state index is 0.405. The number of nitrogens with zero attached hydrogens (tertiary/aromatic N) is 1. The SMILES string of the molecule is [B]CCCC[C@@](N)(CCN1CCC[C@H]1COC)C(=O)O. The molecule has 5 nitrogen and oxygen atoms in total. The molecule has 114 valence electrons. The van der Waals surface area contributed by atoms with Crippen LogP contribution in [0.4, 0.5) is 0 Å². The van der Waals surface area contributed by atoms with E-state index in [1.165, 1.54) is 0 Å². The van der Waals surface area contributed by atoms with Crippen LogP contribution in [0.2, 0.25) is 6.32 Å². The molecule has 1 rings (SSSR count). The molecule has 2 radical (unpaired) electrons. The van der Waals surface area contributed by atoms with Gasteiger partial charge in [-0.1, -0.05) is 19.2 Å². The third-order valence-corrected chi connectivity index (χ3v) is 4.21. The first-order valence-corrected chi connectivity index (χ1v) is 7.49. The second kappa shape index (κ2) is 8.65. The smallest absolute Gasteiger partial charge is 0.323 e. The molecule has 20 heavy (non-hydrogen) atoms. The lowest BCUT2D eigenvalue weighted by Gasteiger charge is -2.30. The van der Waals surface area contributed by atoms with Crippen LogP contribution in [0.25, 0.3) is 0 Å². The van der Waals surface area contributed by atoms with E-state index in [-0.39, 0.29) is 0 Å². The van der Waals surface area contributed by atoms with Crippen molar-refractivity contribution in [1.82, 2.24) is 4.90 Å². The largest absolute Gasteiger partial charge is 0.480 e. The summed E-state index contributed by atoms with van der Waals surface area (Å²) in [5.41, 5.74) is 4.95. The second-order valence-corrected chi connectivity index (χ2v) is 5.74. The highest BCUT2D eigenvalue weighted by Crippen LogP contribution is 2.22. The Morgan fingerprint density at radius 3 is 2.85 bits per heavy atom. The van der Waals surface area contributed by atoms with Crippen molar-refractivity contribution in [2.75, 3.05) is 26.8 Å². The minimum Gasteiger partial charge on any atom is -0.480 e. The lowest BCUT2D eigenvalue weighted by molar-refractivity contribution is -0.144. The summed E-state index contributed by atoms with van der Waals surface area (Å²) in [5.74, 6) is -0.906. The molecule has 2 atom stereocenters. The maximum absolute atomic E-state index is 11.4. The van der Waals surface area contributed by atoms with Gasteiger partial charge in [0.15, 0.2) is 0 Å². The number of aliphatic carboxylic acids is 1. The molecule has 0 saturated carbocycles. The molecule has 0 aromatic carbocycles. The van der Waals surface area contributed by atoms with Gasteiger partial charge < -0.3 is 15.6 Å². The number of likely N-dealkylation sites (tertiary alicyclic amines) is 1. The Labute approximate surface area is 123 Å². The summed E-state index contributed by atoms with van der Waals surface area (Å²) in [5, 5.41) is 9.38. The highest BCUT2D eigenvalue weighted by Gasteiger charge is 2.35. The van der Waals surface area contributed by atoms with Crippen LogP contribution < -0.4 is 5.73 Å². The van der Waals surface area contributed by atoms with Gasteiger partial charge in [-0.15, -0.1) is 0 Å². The molecule has 0 spiro atoms. The van der Waals surface area contributed by atoms with Gasteiger partial charge in [-0.2, -0.15) is 0 Å². The molecule has 0 amide bonds. The van der Waals surface area contributed by atoms with E-state index >= 15 is 0 Å². The van der Waals surface area contributed by atoms with Crippen molar-refractivity contribution in [3.8, 4) is 0 Å². The first kappa shape index (κ1) is 17.5. The van der Waals surface area contributed by atoms with Crippen molar-refractivity contribution in [3.63, 3.8) is 0 Å². The van der Waals surface area contributed by atoms with Crippen molar-refractivity contribution < 1.29 is 14.6 Å². The quantitative estimate of drug-likeness (QED) is 0.462. The maximum atomic E-state index is 11.4. The number of nitrogens with two attached hydrogens (primary N) is 1. The van der Waals surface area contributed by atoms with Crippen molar-refractivity contribution in [1.29, 1.82) is 0 Å². The highest BCUT2D eigenvalue weighted by molar-refractivity contribution is 6.08. The molecule has 3 N–H and O–H groups in total. The average molecular weight is 282 g/mol. The Balaban J connectivity index is 2.47. The van der Waals surface area contributed by atoms with Crippen LogP contribution in [0.3, 0.4) is 0 Å². The van der Waals surface area contributed by atoms with E-state index in [2.05, 4.69) is 4.90 Å². The molecule has 0 aliphatic carbocycles. The highest BCUT2D eigenvalue weighted by atomic mass is 16.5. The van der Waals surface area contributed by atoms with Gasteiger partial charge in [0.05, 0.1) is 14.5 Å². The Bertz CT molecular complexity index is 304. The Morgan fingerprint density at radius 2 is 2.25 bits per heavy atom. The summed E-state index contributed by atoms with van der Waals surface area (Å²) in [4.78, 5) is 13.7. The second-order valence-electron chi connectivity index (χ2n) is 5.74. The van der Waals surface area contributed by atoms with Gasteiger partial charge in [0.25, 0.3) is 0 Å². The normalized spacial score (nSPS) is 22.8. The summed E-state index contributed by atoms with van der Waals surface area (Å²) >= 11 is 0. The van der Waals surface area contributed by atoms with Crippen LogP contribution in [0, 0.1) is 0 Å². The number of ether oxygens (including phenoxy) is 1. The molecule has 1 aliphatic rings. The number of carboxylic acid groups (broad SMARTS) is 1. The molecular weight excluding hydrogens is 255 g/mol. The fourth-order valence-electron chi connectivity index (χ4n) is 2.84. The van der Waals surface area contributed by atoms with Crippen molar-refractivity contribution in [3.05, 3.63) is 0 Å². The van der Waals surface area contributed by atoms with E-state index in [0.717, 1.165) is 38.8 Å². The number of rotatable bonds is 10. The molecule has 0 aromatic heterocycles. The van der Waals surface area contributed by atoms with E-state index in [1.54, 1.807) is 7.11 Å². The molecule has 1 fully saturated rings. The standard InChI is InChI=1S/C14H27BN2O3/c1-20-11-12-5-4-9-17(12)10-7-14(16,13(18)19)6-2-3-8-15/h12H,2-11,16H2,1H3,(H,18,19)/t12-,14+/m0/s1. The maximum Gasteiger partial charge on any atom is 0.323 e. The Morgan fingerprint density at radius 1 is 1.50 bits per heavy atom. The van der Waals surface area contributed by atoms with Crippen LogP contribution in [0.1, 0.15) is 38.5 Å². The van der Waals surface area contributed by atoms with Crippen LogP contribution in [0.15, 0.2) is 0 Å². The molecule has 1 heterocycles. The van der Waals surface area contributed by atoms with E-state index in [9.17, 15) is 9.90 Å².